The molecule has 0 aromatic heterocycles. The summed E-state index contributed by atoms with van der Waals surface area (Å²) in [6.07, 6.45) is 4.81. The second-order valence-corrected chi connectivity index (χ2v) is 5.96. The normalized spacial score (nSPS) is 17.4. The van der Waals surface area contributed by atoms with Crippen LogP contribution < -0.4 is 5.32 Å². The van der Waals surface area contributed by atoms with E-state index in [0.29, 0.717) is 9.77 Å². The van der Waals surface area contributed by atoms with E-state index in [-0.39, 0.29) is 5.75 Å². The lowest BCUT2D eigenvalue weighted by Crippen LogP contribution is -2.25. The Balaban J connectivity index is 1.83. The Morgan fingerprint density at radius 3 is 2.81 bits per heavy atom. The third-order valence-corrected chi connectivity index (χ3v) is 4.75. The van der Waals surface area contributed by atoms with Gasteiger partial charge in [-0.15, -0.1) is 0 Å². The molecular weight excluding hydrogens is 242 g/mol. The first kappa shape index (κ1) is 12.1. The molecule has 16 heavy (non-hydrogen) atoms. The van der Waals surface area contributed by atoms with Gasteiger partial charge in [0.15, 0.2) is 0 Å². The Hall–Kier alpha value is -0.380. The van der Waals surface area contributed by atoms with Gasteiger partial charge >= 0.3 is 0 Å². The maximum atomic E-state index is 9.29. The molecule has 2 N–H and O–H groups in total. The zero-order valence-electron chi connectivity index (χ0n) is 9.29. The highest BCUT2D eigenvalue weighted by atomic mass is 35.5. The summed E-state index contributed by atoms with van der Waals surface area (Å²) in [6, 6.07) is 5.34. The van der Waals surface area contributed by atoms with Crippen LogP contribution in [0.4, 0.5) is 0 Å². The number of benzene rings is 1. The lowest BCUT2D eigenvalue weighted by atomic mass is 10.2. The van der Waals surface area contributed by atoms with Gasteiger partial charge in [-0.2, -0.15) is 11.8 Å². The molecule has 2 rings (SSSR count). The third kappa shape index (κ3) is 2.84. The van der Waals surface area contributed by atoms with E-state index in [2.05, 4.69) is 11.6 Å². The van der Waals surface area contributed by atoms with Crippen molar-refractivity contribution in [1.29, 1.82) is 0 Å². The quantitative estimate of drug-likeness (QED) is 0.851. The zero-order chi connectivity index (χ0) is 11.6. The summed E-state index contributed by atoms with van der Waals surface area (Å²) in [5.74, 6) is 0.146. The van der Waals surface area contributed by atoms with Crippen molar-refractivity contribution in [2.75, 3.05) is 12.8 Å². The van der Waals surface area contributed by atoms with Crippen molar-refractivity contribution >= 4 is 23.4 Å². The molecule has 0 bridgehead atoms. The number of aromatic hydroxyl groups is 1. The summed E-state index contributed by atoms with van der Waals surface area (Å²) in [5, 5.41) is 13.2. The number of halogens is 1. The van der Waals surface area contributed by atoms with Gasteiger partial charge in [0.25, 0.3) is 0 Å². The van der Waals surface area contributed by atoms with Crippen molar-refractivity contribution in [3.05, 3.63) is 28.8 Å². The molecule has 0 saturated heterocycles. The minimum absolute atomic E-state index is 0.146. The minimum atomic E-state index is 0.146. The fourth-order valence-corrected chi connectivity index (χ4v) is 2.65. The topological polar surface area (TPSA) is 32.3 Å². The van der Waals surface area contributed by atoms with Gasteiger partial charge in [-0.25, -0.2) is 0 Å². The van der Waals surface area contributed by atoms with E-state index < -0.39 is 0 Å². The average Bonchev–Trinajstić information content (AvgIpc) is 3.04. The Bertz CT molecular complexity index is 379. The van der Waals surface area contributed by atoms with Gasteiger partial charge in [0.1, 0.15) is 5.75 Å². The van der Waals surface area contributed by atoms with Gasteiger partial charge in [-0.1, -0.05) is 17.7 Å². The van der Waals surface area contributed by atoms with Crippen molar-refractivity contribution in [2.24, 2.45) is 0 Å². The molecular formula is C12H16ClNOS. The van der Waals surface area contributed by atoms with Gasteiger partial charge in [-0.3, -0.25) is 0 Å². The van der Waals surface area contributed by atoms with Crippen LogP contribution in [0.1, 0.15) is 18.4 Å². The summed E-state index contributed by atoms with van der Waals surface area (Å²) in [6.45, 7) is 1.86. The highest BCUT2D eigenvalue weighted by Crippen LogP contribution is 2.46. The van der Waals surface area contributed by atoms with Crippen molar-refractivity contribution in [2.45, 2.75) is 24.1 Å². The lowest BCUT2D eigenvalue weighted by Gasteiger charge is -2.13. The van der Waals surface area contributed by atoms with E-state index in [4.69, 9.17) is 11.6 Å². The average molecular weight is 258 g/mol. The zero-order valence-corrected chi connectivity index (χ0v) is 10.9. The summed E-state index contributed by atoms with van der Waals surface area (Å²) < 4.78 is 0.487. The molecule has 0 spiro atoms. The number of phenolic OH excluding ortho intramolecular Hbond substituents is 1. The summed E-state index contributed by atoms with van der Waals surface area (Å²) >= 11 is 7.79. The molecule has 1 aliphatic carbocycles. The van der Waals surface area contributed by atoms with Gasteiger partial charge in [0.2, 0.25) is 0 Å². The molecule has 0 radical (unpaired) electrons. The third-order valence-electron chi connectivity index (χ3n) is 3.03. The SMILES string of the molecule is CSC1(CNCc2ccc(O)c(Cl)c2)CC1. The molecule has 0 atom stereocenters. The standard InChI is InChI=1S/C12H16ClNOS/c1-16-12(4-5-12)8-14-7-9-2-3-11(15)10(13)6-9/h2-3,6,14-15H,4-5,7-8H2,1H3. The van der Waals surface area contributed by atoms with Crippen LogP contribution in [0.15, 0.2) is 18.2 Å². The van der Waals surface area contributed by atoms with Crippen molar-refractivity contribution in [1.82, 2.24) is 5.32 Å². The first-order valence-electron chi connectivity index (χ1n) is 5.38. The predicted octanol–water partition coefficient (Wildman–Crippen LogP) is 3.03. The fraction of sp³-hybridized carbons (Fsp3) is 0.500. The molecule has 0 unspecified atom stereocenters. The molecule has 0 amide bonds. The maximum Gasteiger partial charge on any atom is 0.134 e. The number of hydrogen-bond acceptors (Lipinski definition) is 3. The molecule has 88 valence electrons. The van der Waals surface area contributed by atoms with Crippen LogP contribution in [0, 0.1) is 0 Å². The molecule has 1 saturated carbocycles. The Labute approximate surface area is 105 Å². The summed E-state index contributed by atoms with van der Waals surface area (Å²) in [4.78, 5) is 0. The Morgan fingerprint density at radius 2 is 2.25 bits per heavy atom. The summed E-state index contributed by atoms with van der Waals surface area (Å²) in [7, 11) is 0. The molecule has 2 nitrogen and oxygen atoms in total. The first-order chi connectivity index (χ1) is 7.65. The van der Waals surface area contributed by atoms with Crippen molar-refractivity contribution in [3.63, 3.8) is 0 Å². The van der Waals surface area contributed by atoms with Gasteiger partial charge in [-0.05, 0) is 36.8 Å². The highest BCUT2D eigenvalue weighted by molar-refractivity contribution is 8.00. The number of hydrogen-bond donors (Lipinski definition) is 2. The number of nitrogens with one attached hydrogen (secondary N) is 1. The van der Waals surface area contributed by atoms with Crippen LogP contribution in [-0.2, 0) is 6.54 Å². The smallest absolute Gasteiger partial charge is 0.134 e. The Kier molecular flexibility index (Phi) is 3.67. The van der Waals surface area contributed by atoms with E-state index >= 15 is 0 Å². The van der Waals surface area contributed by atoms with E-state index in [1.807, 2.05) is 23.9 Å². The molecule has 0 heterocycles. The van der Waals surface area contributed by atoms with Crippen molar-refractivity contribution < 1.29 is 5.11 Å². The van der Waals surface area contributed by atoms with E-state index in [0.717, 1.165) is 18.7 Å². The molecule has 0 aliphatic heterocycles. The van der Waals surface area contributed by atoms with Crippen molar-refractivity contribution in [3.8, 4) is 5.75 Å². The van der Waals surface area contributed by atoms with E-state index in [1.54, 1.807) is 6.07 Å². The second kappa shape index (κ2) is 4.86. The van der Waals surface area contributed by atoms with Crippen LogP contribution in [0.2, 0.25) is 5.02 Å². The monoisotopic (exact) mass is 257 g/mol. The van der Waals surface area contributed by atoms with Gasteiger partial charge in [0, 0.05) is 17.8 Å². The fourth-order valence-electron chi connectivity index (χ4n) is 1.69. The highest BCUT2D eigenvalue weighted by Gasteiger charge is 2.41. The number of phenols is 1. The van der Waals surface area contributed by atoms with Gasteiger partial charge in [0.05, 0.1) is 5.02 Å². The predicted molar refractivity (Wildman–Crippen MR) is 70.3 cm³/mol. The largest absolute Gasteiger partial charge is 0.506 e. The van der Waals surface area contributed by atoms with E-state index in [9.17, 15) is 5.11 Å². The Morgan fingerprint density at radius 1 is 1.50 bits per heavy atom. The second-order valence-electron chi connectivity index (χ2n) is 4.28. The number of rotatable bonds is 5. The van der Waals surface area contributed by atoms with Crippen LogP contribution in [0.3, 0.4) is 0 Å². The van der Waals surface area contributed by atoms with Crippen LogP contribution >= 0.6 is 23.4 Å². The van der Waals surface area contributed by atoms with Crippen LogP contribution in [-0.4, -0.2) is 22.7 Å². The molecule has 1 fully saturated rings. The van der Waals surface area contributed by atoms with E-state index in [1.165, 1.54) is 12.8 Å². The molecule has 1 aromatic rings. The molecule has 4 heteroatoms. The van der Waals surface area contributed by atoms with Crippen LogP contribution in [0.25, 0.3) is 0 Å². The number of thioether (sulfide) groups is 1. The first-order valence-corrected chi connectivity index (χ1v) is 6.99. The maximum absolute atomic E-state index is 9.29. The molecule has 1 aromatic carbocycles. The minimum Gasteiger partial charge on any atom is -0.506 e. The van der Waals surface area contributed by atoms with Crippen LogP contribution in [0.5, 0.6) is 5.75 Å². The molecule has 1 aliphatic rings. The summed E-state index contributed by atoms with van der Waals surface area (Å²) in [5.41, 5.74) is 1.11. The lowest BCUT2D eigenvalue weighted by molar-refractivity contribution is 0.475. The van der Waals surface area contributed by atoms with Gasteiger partial charge < -0.3 is 10.4 Å².